The summed E-state index contributed by atoms with van der Waals surface area (Å²) in [6, 6.07) is 9.86. The molecule has 2 aromatic rings. The van der Waals surface area contributed by atoms with Gasteiger partial charge in [-0.05, 0) is 57.0 Å². The van der Waals surface area contributed by atoms with Crippen LogP contribution in [-0.2, 0) is 11.8 Å². The summed E-state index contributed by atoms with van der Waals surface area (Å²) in [7, 11) is 2.03. The van der Waals surface area contributed by atoms with Gasteiger partial charge in [0, 0.05) is 24.6 Å². The molecule has 0 aliphatic heterocycles. The average Bonchev–Trinajstić information content (AvgIpc) is 2.68. The number of hydrogen-bond donors (Lipinski definition) is 1. The summed E-state index contributed by atoms with van der Waals surface area (Å²) in [6.45, 7) is 7.59. The van der Waals surface area contributed by atoms with E-state index in [1.807, 2.05) is 52.1 Å². The number of benzene rings is 1. The zero-order valence-electron chi connectivity index (χ0n) is 13.2. The van der Waals surface area contributed by atoms with Crippen LogP contribution in [0.4, 0.5) is 10.5 Å². The molecule has 4 nitrogen and oxygen atoms in total. The van der Waals surface area contributed by atoms with Crippen molar-refractivity contribution in [3.63, 3.8) is 0 Å². The van der Waals surface area contributed by atoms with Crippen LogP contribution in [0.2, 0.25) is 0 Å². The Kier molecular flexibility index (Phi) is 4.07. The zero-order chi connectivity index (χ0) is 15.6. The topological polar surface area (TPSA) is 43.3 Å². The number of amides is 1. The quantitative estimate of drug-likeness (QED) is 0.892. The number of carbonyl (C=O) groups is 1. The number of anilines is 1. The maximum absolute atomic E-state index is 11.7. The molecule has 21 heavy (non-hydrogen) atoms. The van der Waals surface area contributed by atoms with Crippen LogP contribution < -0.4 is 5.32 Å². The number of nitrogens with zero attached hydrogens (tertiary/aromatic N) is 1. The van der Waals surface area contributed by atoms with Crippen LogP contribution in [0.5, 0.6) is 0 Å². The first-order chi connectivity index (χ1) is 9.74. The van der Waals surface area contributed by atoms with Crippen LogP contribution in [0, 0.1) is 6.92 Å². The fourth-order valence-electron chi connectivity index (χ4n) is 2.00. The van der Waals surface area contributed by atoms with E-state index in [1.165, 1.54) is 11.3 Å². The lowest BCUT2D eigenvalue weighted by atomic mass is 10.1. The number of aryl methyl sites for hydroxylation is 2. The van der Waals surface area contributed by atoms with Crippen LogP contribution >= 0.6 is 0 Å². The molecule has 0 unspecified atom stereocenters. The van der Waals surface area contributed by atoms with Gasteiger partial charge in [-0.25, -0.2) is 4.79 Å². The lowest BCUT2D eigenvalue weighted by molar-refractivity contribution is 0.0636. The maximum atomic E-state index is 11.7. The fourth-order valence-corrected chi connectivity index (χ4v) is 2.00. The molecule has 1 heterocycles. The largest absolute Gasteiger partial charge is 0.444 e. The first-order valence-electron chi connectivity index (χ1n) is 6.98. The molecular formula is C17H22N2O2. The van der Waals surface area contributed by atoms with Crippen molar-refractivity contribution < 1.29 is 9.53 Å². The molecule has 0 spiro atoms. The third-order valence-electron chi connectivity index (χ3n) is 3.12. The lowest BCUT2D eigenvalue weighted by Gasteiger charge is -2.19. The van der Waals surface area contributed by atoms with Crippen molar-refractivity contribution in [1.82, 2.24) is 4.57 Å². The van der Waals surface area contributed by atoms with Gasteiger partial charge in [-0.3, -0.25) is 5.32 Å². The van der Waals surface area contributed by atoms with Gasteiger partial charge in [-0.2, -0.15) is 0 Å². The predicted molar refractivity (Wildman–Crippen MR) is 85.4 cm³/mol. The van der Waals surface area contributed by atoms with E-state index in [1.54, 1.807) is 0 Å². The van der Waals surface area contributed by atoms with Crippen molar-refractivity contribution >= 4 is 11.8 Å². The van der Waals surface area contributed by atoms with E-state index < -0.39 is 11.7 Å². The molecule has 1 amide bonds. The molecule has 2 rings (SSSR count). The first-order valence-corrected chi connectivity index (χ1v) is 6.98. The molecule has 0 aliphatic carbocycles. The van der Waals surface area contributed by atoms with Gasteiger partial charge in [0.15, 0.2) is 0 Å². The summed E-state index contributed by atoms with van der Waals surface area (Å²) in [5, 5.41) is 2.73. The van der Waals surface area contributed by atoms with E-state index in [9.17, 15) is 4.79 Å². The molecule has 0 saturated carbocycles. The minimum atomic E-state index is -0.494. The van der Waals surface area contributed by atoms with Crippen molar-refractivity contribution in [2.24, 2.45) is 7.05 Å². The first kappa shape index (κ1) is 15.2. The highest BCUT2D eigenvalue weighted by Gasteiger charge is 2.16. The predicted octanol–water partition coefficient (Wildman–Crippen LogP) is 4.35. The minimum Gasteiger partial charge on any atom is -0.444 e. The molecule has 1 aromatic carbocycles. The van der Waals surface area contributed by atoms with E-state index in [0.717, 1.165) is 11.3 Å². The van der Waals surface area contributed by atoms with Crippen molar-refractivity contribution in [2.75, 3.05) is 5.32 Å². The second kappa shape index (κ2) is 5.64. The van der Waals surface area contributed by atoms with Crippen molar-refractivity contribution in [1.29, 1.82) is 0 Å². The van der Waals surface area contributed by atoms with Crippen LogP contribution in [0.15, 0.2) is 36.5 Å². The van der Waals surface area contributed by atoms with Gasteiger partial charge in [-0.1, -0.05) is 12.1 Å². The summed E-state index contributed by atoms with van der Waals surface area (Å²) < 4.78 is 7.31. The van der Waals surface area contributed by atoms with Gasteiger partial charge in [-0.15, -0.1) is 0 Å². The monoisotopic (exact) mass is 286 g/mol. The second-order valence-corrected chi connectivity index (χ2v) is 6.19. The fraction of sp³-hybridized carbons (Fsp3) is 0.353. The third-order valence-corrected chi connectivity index (χ3v) is 3.12. The molecule has 4 heteroatoms. The zero-order valence-corrected chi connectivity index (χ0v) is 13.2. The van der Waals surface area contributed by atoms with E-state index >= 15 is 0 Å². The average molecular weight is 286 g/mol. The SMILES string of the molecule is Cc1cc(-c2ccc(NC(=O)OC(C)(C)C)cc2)cn1C. The Bertz CT molecular complexity index is 614. The molecule has 0 bridgehead atoms. The standard InChI is InChI=1S/C17H22N2O2/c1-12-10-14(11-19(12)5)13-6-8-15(9-7-13)18-16(20)21-17(2,3)4/h6-11H,1-5H3,(H,18,20). The highest BCUT2D eigenvalue weighted by molar-refractivity contribution is 5.85. The second-order valence-electron chi connectivity index (χ2n) is 6.19. The number of nitrogens with one attached hydrogen (secondary N) is 1. The molecule has 1 N–H and O–H groups in total. The Hall–Kier alpha value is -2.23. The molecule has 0 fully saturated rings. The van der Waals surface area contributed by atoms with Crippen molar-refractivity contribution in [3.8, 4) is 11.1 Å². The molecule has 0 saturated heterocycles. The summed E-state index contributed by atoms with van der Waals surface area (Å²) >= 11 is 0. The van der Waals surface area contributed by atoms with Gasteiger partial charge in [0.05, 0.1) is 0 Å². The molecule has 0 atom stereocenters. The number of hydrogen-bond acceptors (Lipinski definition) is 2. The minimum absolute atomic E-state index is 0.439. The van der Waals surface area contributed by atoms with Crippen LogP contribution in [0.3, 0.4) is 0 Å². The Morgan fingerprint density at radius 2 is 1.76 bits per heavy atom. The third kappa shape index (κ3) is 4.12. The highest BCUT2D eigenvalue weighted by atomic mass is 16.6. The Balaban J connectivity index is 2.07. The van der Waals surface area contributed by atoms with Gasteiger partial charge in [0.1, 0.15) is 5.60 Å². The molecular weight excluding hydrogens is 264 g/mol. The van der Waals surface area contributed by atoms with Crippen LogP contribution in [0.1, 0.15) is 26.5 Å². The molecule has 0 aliphatic rings. The molecule has 0 radical (unpaired) electrons. The van der Waals surface area contributed by atoms with Crippen molar-refractivity contribution in [2.45, 2.75) is 33.3 Å². The maximum Gasteiger partial charge on any atom is 0.412 e. The van der Waals surface area contributed by atoms with E-state index in [0.29, 0.717) is 0 Å². The Labute approximate surface area is 125 Å². The summed E-state index contributed by atoms with van der Waals surface area (Å²) in [5.74, 6) is 0. The summed E-state index contributed by atoms with van der Waals surface area (Å²) in [6.07, 6.45) is 1.65. The van der Waals surface area contributed by atoms with E-state index in [4.69, 9.17) is 4.74 Å². The van der Waals surface area contributed by atoms with Gasteiger partial charge in [0.25, 0.3) is 0 Å². The smallest absolute Gasteiger partial charge is 0.412 e. The number of ether oxygens (including phenoxy) is 1. The number of rotatable bonds is 2. The number of aromatic nitrogens is 1. The molecule has 112 valence electrons. The summed E-state index contributed by atoms with van der Waals surface area (Å²) in [4.78, 5) is 11.7. The lowest BCUT2D eigenvalue weighted by Crippen LogP contribution is -2.27. The Morgan fingerprint density at radius 1 is 1.14 bits per heavy atom. The normalized spacial score (nSPS) is 11.3. The van der Waals surface area contributed by atoms with Gasteiger partial charge < -0.3 is 9.30 Å². The van der Waals surface area contributed by atoms with Gasteiger partial charge >= 0.3 is 6.09 Å². The molecule has 1 aromatic heterocycles. The number of carbonyl (C=O) groups excluding carboxylic acids is 1. The van der Waals surface area contributed by atoms with Gasteiger partial charge in [0.2, 0.25) is 0 Å². The van der Waals surface area contributed by atoms with Crippen molar-refractivity contribution in [3.05, 3.63) is 42.2 Å². The highest BCUT2D eigenvalue weighted by Crippen LogP contribution is 2.23. The Morgan fingerprint density at radius 3 is 2.24 bits per heavy atom. The van der Waals surface area contributed by atoms with E-state index in [-0.39, 0.29) is 0 Å². The van der Waals surface area contributed by atoms with Crippen LogP contribution in [-0.4, -0.2) is 16.3 Å². The van der Waals surface area contributed by atoms with Crippen LogP contribution in [0.25, 0.3) is 11.1 Å². The summed E-state index contributed by atoms with van der Waals surface area (Å²) in [5.41, 5.74) is 3.72. The van der Waals surface area contributed by atoms with E-state index in [2.05, 4.69) is 29.1 Å².